The fourth-order valence-corrected chi connectivity index (χ4v) is 3.47. The Hall–Kier alpha value is -1.47. The van der Waals surface area contributed by atoms with E-state index in [0.29, 0.717) is 24.6 Å². The molecule has 0 saturated carbocycles. The minimum Gasteiger partial charge on any atom is -0.481 e. The minimum atomic E-state index is -0.909. The van der Waals surface area contributed by atoms with Crippen molar-refractivity contribution in [2.75, 3.05) is 19.7 Å². The number of carbonyl (C=O) groups excluding carboxylic acids is 1. The Morgan fingerprint density at radius 3 is 2.95 bits per heavy atom. The molecule has 21 heavy (non-hydrogen) atoms. The van der Waals surface area contributed by atoms with E-state index in [2.05, 4.69) is 11.9 Å². The first-order valence-electron chi connectivity index (χ1n) is 7.10. The van der Waals surface area contributed by atoms with Crippen molar-refractivity contribution >= 4 is 23.2 Å². The van der Waals surface area contributed by atoms with E-state index in [1.807, 2.05) is 6.92 Å². The molecule has 1 aromatic heterocycles. The van der Waals surface area contributed by atoms with Gasteiger partial charge in [0.05, 0.1) is 29.8 Å². The van der Waals surface area contributed by atoms with Gasteiger partial charge in [0, 0.05) is 13.1 Å². The number of rotatable bonds is 5. The number of hydrogen-bond donors (Lipinski definition) is 1. The van der Waals surface area contributed by atoms with Crippen LogP contribution in [0.3, 0.4) is 0 Å². The summed E-state index contributed by atoms with van der Waals surface area (Å²) < 4.78 is 5.39. The van der Waals surface area contributed by atoms with Crippen LogP contribution in [0.25, 0.3) is 0 Å². The first kappa shape index (κ1) is 15.9. The molecule has 116 valence electrons. The lowest BCUT2D eigenvalue weighted by Crippen LogP contribution is -2.46. The number of carbonyl (C=O) groups is 2. The SMILES string of the molecule is CCCc1nc(C)c(C(=O)N2CCO[C@@H](CC(=O)O)C2)s1. The third kappa shape index (κ3) is 4.01. The van der Waals surface area contributed by atoms with Gasteiger partial charge in [0.1, 0.15) is 4.88 Å². The van der Waals surface area contributed by atoms with Gasteiger partial charge in [-0.15, -0.1) is 11.3 Å². The molecule has 0 unspecified atom stereocenters. The number of ether oxygens (including phenoxy) is 1. The molecule has 0 aromatic carbocycles. The van der Waals surface area contributed by atoms with Gasteiger partial charge in [0.25, 0.3) is 5.91 Å². The minimum absolute atomic E-state index is 0.0639. The number of carboxylic acid groups (broad SMARTS) is 1. The van der Waals surface area contributed by atoms with Crippen LogP contribution in [0.5, 0.6) is 0 Å². The topological polar surface area (TPSA) is 79.7 Å². The number of hydrogen-bond acceptors (Lipinski definition) is 5. The summed E-state index contributed by atoms with van der Waals surface area (Å²) >= 11 is 1.44. The smallest absolute Gasteiger partial charge is 0.306 e. The van der Waals surface area contributed by atoms with Crippen LogP contribution in [-0.2, 0) is 16.0 Å². The van der Waals surface area contributed by atoms with E-state index in [4.69, 9.17) is 9.84 Å². The number of aromatic nitrogens is 1. The third-order valence-corrected chi connectivity index (χ3v) is 4.53. The van der Waals surface area contributed by atoms with E-state index in [1.54, 1.807) is 4.90 Å². The molecule has 1 N–H and O–H groups in total. The Kier molecular flexibility index (Phi) is 5.30. The van der Waals surface area contributed by atoms with Gasteiger partial charge in [-0.05, 0) is 19.8 Å². The summed E-state index contributed by atoms with van der Waals surface area (Å²) in [5.41, 5.74) is 0.759. The van der Waals surface area contributed by atoms with Crippen LogP contribution in [0, 0.1) is 6.92 Å². The summed E-state index contributed by atoms with van der Waals surface area (Å²) in [6.45, 7) is 5.12. The monoisotopic (exact) mass is 312 g/mol. The van der Waals surface area contributed by atoms with Gasteiger partial charge in [-0.2, -0.15) is 0 Å². The Morgan fingerprint density at radius 2 is 2.29 bits per heavy atom. The number of carboxylic acids is 1. The number of nitrogens with zero attached hydrogens (tertiary/aromatic N) is 2. The van der Waals surface area contributed by atoms with Crippen LogP contribution in [0.4, 0.5) is 0 Å². The molecule has 0 radical (unpaired) electrons. The van der Waals surface area contributed by atoms with Gasteiger partial charge in [0.2, 0.25) is 0 Å². The van der Waals surface area contributed by atoms with Crippen molar-refractivity contribution in [3.05, 3.63) is 15.6 Å². The number of morpholine rings is 1. The zero-order valence-electron chi connectivity index (χ0n) is 12.3. The predicted octanol–water partition coefficient (Wildman–Crippen LogP) is 1.72. The Morgan fingerprint density at radius 1 is 1.52 bits per heavy atom. The second kappa shape index (κ2) is 7.00. The van der Waals surface area contributed by atoms with Crippen molar-refractivity contribution in [2.45, 2.75) is 39.2 Å². The van der Waals surface area contributed by atoms with Gasteiger partial charge in [0.15, 0.2) is 0 Å². The van der Waals surface area contributed by atoms with Crippen LogP contribution in [0.1, 0.15) is 40.1 Å². The highest BCUT2D eigenvalue weighted by atomic mass is 32.1. The zero-order valence-corrected chi connectivity index (χ0v) is 13.1. The molecule has 1 amide bonds. The van der Waals surface area contributed by atoms with E-state index in [-0.39, 0.29) is 12.3 Å². The van der Waals surface area contributed by atoms with E-state index < -0.39 is 12.1 Å². The average Bonchev–Trinajstić information content (AvgIpc) is 2.79. The quantitative estimate of drug-likeness (QED) is 0.895. The molecular formula is C14H20N2O4S. The molecule has 1 aromatic rings. The molecule has 2 rings (SSSR count). The van der Waals surface area contributed by atoms with Gasteiger partial charge < -0.3 is 14.7 Å². The first-order chi connectivity index (χ1) is 10.0. The second-order valence-corrected chi connectivity index (χ2v) is 6.20. The molecule has 7 heteroatoms. The molecular weight excluding hydrogens is 292 g/mol. The Balaban J connectivity index is 2.06. The Bertz CT molecular complexity index is 529. The first-order valence-corrected chi connectivity index (χ1v) is 7.91. The standard InChI is InChI=1S/C14H20N2O4S/c1-3-4-11-15-9(2)13(21-11)14(19)16-5-6-20-10(8-16)7-12(17)18/h10H,3-8H2,1-2H3,(H,17,18)/t10-/m0/s1. The summed E-state index contributed by atoms with van der Waals surface area (Å²) in [5, 5.41) is 9.80. The molecule has 1 fully saturated rings. The van der Waals surface area contributed by atoms with E-state index in [9.17, 15) is 9.59 Å². The lowest BCUT2D eigenvalue weighted by Gasteiger charge is -2.32. The molecule has 0 spiro atoms. The molecule has 1 aliphatic rings. The van der Waals surface area contributed by atoms with Crippen molar-refractivity contribution in [1.29, 1.82) is 0 Å². The molecule has 0 bridgehead atoms. The van der Waals surface area contributed by atoms with Crippen molar-refractivity contribution in [3.63, 3.8) is 0 Å². The summed E-state index contributed by atoms with van der Waals surface area (Å²) in [7, 11) is 0. The number of aryl methyl sites for hydroxylation is 2. The van der Waals surface area contributed by atoms with E-state index in [1.165, 1.54) is 11.3 Å². The normalized spacial score (nSPS) is 18.8. The molecule has 1 aliphatic heterocycles. The summed E-state index contributed by atoms with van der Waals surface area (Å²) in [4.78, 5) is 30.1. The highest BCUT2D eigenvalue weighted by Crippen LogP contribution is 2.22. The fourth-order valence-electron chi connectivity index (χ4n) is 2.34. The Labute approximate surface area is 127 Å². The maximum Gasteiger partial charge on any atom is 0.306 e. The molecule has 1 saturated heterocycles. The predicted molar refractivity (Wildman–Crippen MR) is 78.7 cm³/mol. The van der Waals surface area contributed by atoms with Crippen LogP contribution in [0.15, 0.2) is 0 Å². The number of aliphatic carboxylic acids is 1. The maximum absolute atomic E-state index is 12.6. The summed E-state index contributed by atoms with van der Waals surface area (Å²) in [6.07, 6.45) is 1.37. The number of amides is 1. The van der Waals surface area contributed by atoms with Gasteiger partial charge in [-0.3, -0.25) is 9.59 Å². The van der Waals surface area contributed by atoms with Crippen molar-refractivity contribution in [2.24, 2.45) is 0 Å². The summed E-state index contributed by atoms with van der Waals surface area (Å²) in [5.74, 6) is -0.973. The van der Waals surface area contributed by atoms with Crippen LogP contribution < -0.4 is 0 Å². The fraction of sp³-hybridized carbons (Fsp3) is 0.643. The van der Waals surface area contributed by atoms with Gasteiger partial charge >= 0.3 is 5.97 Å². The highest BCUT2D eigenvalue weighted by molar-refractivity contribution is 7.13. The van der Waals surface area contributed by atoms with Gasteiger partial charge in [-0.1, -0.05) is 6.92 Å². The molecule has 2 heterocycles. The second-order valence-electron chi connectivity index (χ2n) is 5.11. The zero-order chi connectivity index (χ0) is 15.4. The largest absolute Gasteiger partial charge is 0.481 e. The van der Waals surface area contributed by atoms with Crippen LogP contribution >= 0.6 is 11.3 Å². The average molecular weight is 312 g/mol. The lowest BCUT2D eigenvalue weighted by molar-refractivity contribution is -0.141. The van der Waals surface area contributed by atoms with Gasteiger partial charge in [-0.25, -0.2) is 4.98 Å². The maximum atomic E-state index is 12.6. The third-order valence-electron chi connectivity index (χ3n) is 3.33. The van der Waals surface area contributed by atoms with Crippen molar-refractivity contribution in [3.8, 4) is 0 Å². The number of thiazole rings is 1. The molecule has 0 aliphatic carbocycles. The van der Waals surface area contributed by atoms with Crippen LogP contribution in [-0.4, -0.2) is 52.7 Å². The lowest BCUT2D eigenvalue weighted by atomic mass is 10.2. The van der Waals surface area contributed by atoms with E-state index >= 15 is 0 Å². The van der Waals surface area contributed by atoms with Crippen molar-refractivity contribution in [1.82, 2.24) is 9.88 Å². The molecule has 6 nitrogen and oxygen atoms in total. The van der Waals surface area contributed by atoms with E-state index in [0.717, 1.165) is 23.5 Å². The highest BCUT2D eigenvalue weighted by Gasteiger charge is 2.28. The van der Waals surface area contributed by atoms with Crippen LogP contribution in [0.2, 0.25) is 0 Å². The van der Waals surface area contributed by atoms with Crippen molar-refractivity contribution < 1.29 is 19.4 Å². The molecule has 1 atom stereocenters. The summed E-state index contributed by atoms with van der Waals surface area (Å²) in [6, 6.07) is 0.